The first kappa shape index (κ1) is 37.7. The fourth-order valence-electron chi connectivity index (χ4n) is 15.2. The second-order valence-electron chi connectivity index (χ2n) is 23.7. The Balaban J connectivity index is 1.07. The van der Waals surface area contributed by atoms with E-state index >= 15 is 0 Å². The van der Waals surface area contributed by atoms with Gasteiger partial charge in [-0.3, -0.25) is 0 Å². The minimum atomic E-state index is -0.209. The van der Waals surface area contributed by atoms with Crippen LogP contribution in [0.4, 0.5) is 17.1 Å². The van der Waals surface area contributed by atoms with E-state index in [1.165, 1.54) is 150 Å². The van der Waals surface area contributed by atoms with Crippen LogP contribution in [0.5, 0.6) is 0 Å². The van der Waals surface area contributed by atoms with Crippen molar-refractivity contribution in [3.8, 4) is 33.4 Å². The van der Waals surface area contributed by atoms with Gasteiger partial charge in [-0.2, -0.15) is 0 Å². The van der Waals surface area contributed by atoms with Crippen LogP contribution in [0.15, 0.2) is 127 Å². The molecule has 9 aromatic rings. The molecule has 15 rings (SSSR count). The molecule has 1 nitrogen and oxygen atoms in total. The molecule has 1 atom stereocenters. The van der Waals surface area contributed by atoms with E-state index in [-0.39, 0.29) is 33.0 Å². The number of nitrogens with zero attached hydrogens (tertiary/aromatic N) is 1. The first-order valence-electron chi connectivity index (χ1n) is 24.5. The van der Waals surface area contributed by atoms with Crippen LogP contribution in [-0.2, 0) is 27.1 Å². The standard InChI is InChI=1S/C65H55N/c1-33-40-24-21-34-15-12-18-42-52(34)56(40)55-41(33)27-37(28-47(55)61(42,2)3)66(38-29-48-57-50(31-38)64(8,9)45-25-22-35-16-13-19-43(62(48,4)5)53(35)59(45)57)39-30-49-58-51(32-39)65(10,11)46-26-23-36-17-14-20-44(63(49,6)7)54(36)60(46)58/h12-33H,1-11H3. The lowest BCUT2D eigenvalue weighted by Crippen LogP contribution is -2.27. The molecular formula is C65H55N. The number of rotatable bonds is 3. The molecule has 320 valence electrons. The van der Waals surface area contributed by atoms with E-state index in [0.29, 0.717) is 0 Å². The molecule has 0 heterocycles. The van der Waals surface area contributed by atoms with E-state index in [2.05, 4.69) is 208 Å². The summed E-state index contributed by atoms with van der Waals surface area (Å²) in [7, 11) is 0. The number of anilines is 3. The van der Waals surface area contributed by atoms with Gasteiger partial charge in [0.25, 0.3) is 0 Å². The van der Waals surface area contributed by atoms with Gasteiger partial charge in [0.2, 0.25) is 0 Å². The Hall–Kier alpha value is -6.44. The molecule has 6 aliphatic carbocycles. The van der Waals surface area contributed by atoms with Crippen molar-refractivity contribution in [3.05, 3.63) is 194 Å². The minimum absolute atomic E-state index is 0.176. The topological polar surface area (TPSA) is 3.24 Å². The Bertz CT molecular complexity index is 3690. The predicted molar refractivity (Wildman–Crippen MR) is 278 cm³/mol. The summed E-state index contributed by atoms with van der Waals surface area (Å²) in [6.07, 6.45) is 0. The highest BCUT2D eigenvalue weighted by Gasteiger charge is 2.49. The summed E-state index contributed by atoms with van der Waals surface area (Å²) in [5, 5.41) is 8.39. The molecule has 0 fully saturated rings. The first-order chi connectivity index (χ1) is 31.4. The van der Waals surface area contributed by atoms with Crippen LogP contribution >= 0.6 is 0 Å². The quantitative estimate of drug-likeness (QED) is 0.171. The molecule has 0 bridgehead atoms. The molecule has 0 N–H and O–H groups in total. The van der Waals surface area contributed by atoms with Crippen molar-refractivity contribution in [2.45, 2.75) is 109 Å². The third-order valence-corrected chi connectivity index (χ3v) is 18.8. The summed E-state index contributed by atoms with van der Waals surface area (Å²) in [5.74, 6) is 0.279. The summed E-state index contributed by atoms with van der Waals surface area (Å²) >= 11 is 0. The molecule has 1 heteroatoms. The van der Waals surface area contributed by atoms with Crippen LogP contribution in [0.25, 0.3) is 65.7 Å². The highest BCUT2D eigenvalue weighted by atomic mass is 15.1. The van der Waals surface area contributed by atoms with Crippen LogP contribution in [-0.4, -0.2) is 0 Å². The maximum Gasteiger partial charge on any atom is 0.0468 e. The van der Waals surface area contributed by atoms with E-state index in [9.17, 15) is 0 Å². The van der Waals surface area contributed by atoms with Gasteiger partial charge < -0.3 is 4.90 Å². The van der Waals surface area contributed by atoms with Crippen molar-refractivity contribution in [1.82, 2.24) is 0 Å². The Morgan fingerprint density at radius 2 is 0.652 bits per heavy atom. The van der Waals surface area contributed by atoms with Crippen LogP contribution < -0.4 is 4.90 Å². The maximum absolute atomic E-state index is 2.71. The van der Waals surface area contributed by atoms with Gasteiger partial charge in [-0.1, -0.05) is 167 Å². The highest BCUT2D eigenvalue weighted by molar-refractivity contribution is 6.12. The molecule has 0 aliphatic heterocycles. The summed E-state index contributed by atoms with van der Waals surface area (Å²) in [6.45, 7) is 27.2. The number of hydrogen-bond donors (Lipinski definition) is 0. The van der Waals surface area contributed by atoms with Crippen LogP contribution in [0.1, 0.15) is 149 Å². The largest absolute Gasteiger partial charge is 0.310 e. The second-order valence-corrected chi connectivity index (χ2v) is 23.7. The zero-order valence-corrected chi connectivity index (χ0v) is 40.1. The molecule has 0 saturated heterocycles. The van der Waals surface area contributed by atoms with Crippen molar-refractivity contribution in [2.75, 3.05) is 4.90 Å². The Morgan fingerprint density at radius 3 is 1.08 bits per heavy atom. The zero-order valence-electron chi connectivity index (χ0n) is 40.1. The molecule has 1 unspecified atom stereocenters. The number of benzene rings is 9. The minimum Gasteiger partial charge on any atom is -0.310 e. The highest BCUT2D eigenvalue weighted by Crippen LogP contribution is 2.65. The Morgan fingerprint density at radius 1 is 0.303 bits per heavy atom. The van der Waals surface area contributed by atoms with Gasteiger partial charge in [0, 0.05) is 50.1 Å². The molecule has 0 aromatic heterocycles. The fourth-order valence-corrected chi connectivity index (χ4v) is 15.2. The van der Waals surface area contributed by atoms with E-state index < -0.39 is 0 Å². The lowest BCUT2D eigenvalue weighted by Gasteiger charge is -2.39. The van der Waals surface area contributed by atoms with Crippen LogP contribution in [0, 0.1) is 0 Å². The summed E-state index contributed by atoms with van der Waals surface area (Å²) in [6, 6.07) is 51.1. The van der Waals surface area contributed by atoms with Crippen molar-refractivity contribution in [2.24, 2.45) is 0 Å². The van der Waals surface area contributed by atoms with E-state index in [4.69, 9.17) is 0 Å². The predicted octanol–water partition coefficient (Wildman–Crippen LogP) is 17.3. The fraction of sp³-hybridized carbons (Fsp3) is 0.262. The molecule has 0 amide bonds. The van der Waals surface area contributed by atoms with Gasteiger partial charge in [-0.05, 0) is 169 Å². The average molecular weight is 850 g/mol. The van der Waals surface area contributed by atoms with Crippen molar-refractivity contribution < 1.29 is 0 Å². The van der Waals surface area contributed by atoms with E-state index in [1.807, 2.05) is 0 Å². The third kappa shape index (κ3) is 4.00. The Labute approximate surface area is 389 Å². The van der Waals surface area contributed by atoms with Crippen molar-refractivity contribution in [3.63, 3.8) is 0 Å². The van der Waals surface area contributed by atoms with E-state index in [0.717, 1.165) is 0 Å². The van der Waals surface area contributed by atoms with Gasteiger partial charge in [0.05, 0.1) is 0 Å². The average Bonchev–Trinajstić information content (AvgIpc) is 3.82. The molecule has 6 aliphatic rings. The second kappa shape index (κ2) is 11.2. The lowest BCUT2D eigenvalue weighted by molar-refractivity contribution is 0.638. The van der Waals surface area contributed by atoms with E-state index in [1.54, 1.807) is 0 Å². The molecule has 0 spiro atoms. The van der Waals surface area contributed by atoms with Crippen molar-refractivity contribution >= 4 is 49.4 Å². The summed E-state index contributed by atoms with van der Waals surface area (Å²) < 4.78 is 0. The SMILES string of the molecule is CC1c2cc(N(c3cc4c5c(c3)C(C)(C)c3cccc6ccc(c-5c36)C4(C)C)c3cc4c5c(c3)C(C)(C)c3cccc6ccc(c-5c36)C4(C)C)cc3c2-c2c1ccc1cccc(c21)C3(C)C. The molecule has 9 aromatic carbocycles. The van der Waals surface area contributed by atoms with Gasteiger partial charge in [0.1, 0.15) is 0 Å². The monoisotopic (exact) mass is 849 g/mol. The maximum atomic E-state index is 2.71. The lowest BCUT2D eigenvalue weighted by atomic mass is 9.68. The van der Waals surface area contributed by atoms with Gasteiger partial charge in [0.15, 0.2) is 0 Å². The normalized spacial score (nSPS) is 19.6. The summed E-state index contributed by atoms with van der Waals surface area (Å²) in [5.41, 5.74) is 28.9. The van der Waals surface area contributed by atoms with Gasteiger partial charge in [-0.15, -0.1) is 0 Å². The van der Waals surface area contributed by atoms with Gasteiger partial charge >= 0.3 is 0 Å². The molecular weight excluding hydrogens is 795 g/mol. The first-order valence-corrected chi connectivity index (χ1v) is 24.5. The van der Waals surface area contributed by atoms with Crippen LogP contribution in [0.2, 0.25) is 0 Å². The summed E-state index contributed by atoms with van der Waals surface area (Å²) in [4.78, 5) is 2.71. The van der Waals surface area contributed by atoms with Gasteiger partial charge in [-0.25, -0.2) is 0 Å². The van der Waals surface area contributed by atoms with Crippen LogP contribution in [0.3, 0.4) is 0 Å². The zero-order chi connectivity index (χ0) is 45.1. The van der Waals surface area contributed by atoms with Crippen molar-refractivity contribution in [1.29, 1.82) is 0 Å². The molecule has 0 radical (unpaired) electrons. The smallest absolute Gasteiger partial charge is 0.0468 e. The number of hydrogen-bond acceptors (Lipinski definition) is 1. The third-order valence-electron chi connectivity index (χ3n) is 18.8. The molecule has 0 saturated carbocycles. The molecule has 66 heavy (non-hydrogen) atoms. The Kier molecular flexibility index (Phi) is 6.41.